The van der Waals surface area contributed by atoms with Crippen molar-refractivity contribution in [3.8, 4) is 22.3 Å². The van der Waals surface area contributed by atoms with Gasteiger partial charge in [-0.2, -0.15) is 0 Å². The van der Waals surface area contributed by atoms with Gasteiger partial charge in [-0.15, -0.1) is 0 Å². The van der Waals surface area contributed by atoms with Gasteiger partial charge in [0.2, 0.25) is 0 Å². The van der Waals surface area contributed by atoms with Crippen LogP contribution in [0.2, 0.25) is 0 Å². The van der Waals surface area contributed by atoms with E-state index in [1.807, 2.05) is 73.1 Å². The first-order chi connectivity index (χ1) is 20.2. The molecule has 1 aliphatic heterocycles. The van der Waals surface area contributed by atoms with Crippen LogP contribution in [0.3, 0.4) is 0 Å². The van der Waals surface area contributed by atoms with Crippen LogP contribution in [0.1, 0.15) is 27.7 Å². The summed E-state index contributed by atoms with van der Waals surface area (Å²) < 4.78 is 13.4. The molecule has 2 aromatic carbocycles. The van der Waals surface area contributed by atoms with Gasteiger partial charge in [-0.25, -0.2) is 0 Å². The van der Waals surface area contributed by atoms with Crippen LogP contribution in [0.25, 0.3) is 44.1 Å². The van der Waals surface area contributed by atoms with Crippen molar-refractivity contribution in [2.24, 2.45) is 0 Å². The Morgan fingerprint density at radius 2 is 1.05 bits per heavy atom. The van der Waals surface area contributed by atoms with E-state index in [0.717, 1.165) is 48.4 Å². The number of rotatable bonds is 3. The summed E-state index contributed by atoms with van der Waals surface area (Å²) in [4.78, 5) is 17.0. The van der Waals surface area contributed by atoms with Crippen molar-refractivity contribution in [3.05, 3.63) is 114 Å². The molecule has 8 heteroatoms. The second-order valence-corrected chi connectivity index (χ2v) is 12.1. The predicted molar refractivity (Wildman–Crippen MR) is 173 cm³/mol. The van der Waals surface area contributed by atoms with Crippen molar-refractivity contribution in [2.75, 3.05) is 0 Å². The van der Waals surface area contributed by atoms with Crippen LogP contribution >= 0.6 is 15.9 Å². The Labute approximate surface area is 254 Å². The van der Waals surface area contributed by atoms with Gasteiger partial charge in [0.15, 0.2) is 0 Å². The van der Waals surface area contributed by atoms with Crippen molar-refractivity contribution in [3.63, 3.8) is 0 Å². The zero-order chi connectivity index (χ0) is 29.3. The summed E-state index contributed by atoms with van der Waals surface area (Å²) in [5.41, 5.74) is 6.85. The molecule has 0 bridgehead atoms. The van der Waals surface area contributed by atoms with E-state index in [1.165, 1.54) is 5.56 Å². The summed E-state index contributed by atoms with van der Waals surface area (Å²) in [5, 5.41) is 2.23. The molecule has 0 unspecified atom stereocenters. The SMILES string of the molecule is Brc1ccc2nccc(-c3ccncc3)c2c1.CC1(C)OB(c2ccc3nccc(-c4ccncc4)c3c2)OC1(C)C. The molecule has 208 valence electrons. The van der Waals surface area contributed by atoms with Crippen LogP contribution in [0.5, 0.6) is 0 Å². The van der Waals surface area contributed by atoms with Crippen LogP contribution < -0.4 is 5.46 Å². The monoisotopic (exact) mass is 616 g/mol. The Balaban J connectivity index is 0.000000162. The number of halogens is 1. The van der Waals surface area contributed by atoms with Gasteiger partial charge >= 0.3 is 7.12 Å². The van der Waals surface area contributed by atoms with Gasteiger partial charge < -0.3 is 9.31 Å². The first-order valence-corrected chi connectivity index (χ1v) is 14.6. The van der Waals surface area contributed by atoms with Crippen LogP contribution in [0.4, 0.5) is 0 Å². The molecule has 0 spiro atoms. The summed E-state index contributed by atoms with van der Waals surface area (Å²) in [6, 6.07) is 24.4. The minimum atomic E-state index is -0.375. The molecule has 0 radical (unpaired) electrons. The van der Waals surface area contributed by atoms with E-state index in [2.05, 4.69) is 75.7 Å². The van der Waals surface area contributed by atoms with E-state index in [0.29, 0.717) is 0 Å². The zero-order valence-electron chi connectivity index (χ0n) is 24.0. The van der Waals surface area contributed by atoms with Crippen LogP contribution in [0.15, 0.2) is 114 Å². The molecule has 1 aliphatic rings. The van der Waals surface area contributed by atoms with E-state index in [1.54, 1.807) is 24.8 Å². The number of fused-ring (bicyclic) bond motifs is 2. The number of aromatic nitrogens is 4. The molecule has 6 aromatic rings. The molecule has 0 aliphatic carbocycles. The molecule has 1 fully saturated rings. The topological polar surface area (TPSA) is 70.0 Å². The zero-order valence-corrected chi connectivity index (χ0v) is 25.5. The third-order valence-electron chi connectivity index (χ3n) is 7.98. The molecule has 0 N–H and O–H groups in total. The van der Waals surface area contributed by atoms with Gasteiger partial charge in [0.05, 0.1) is 22.2 Å². The number of nitrogens with zero attached hydrogens (tertiary/aromatic N) is 4. The fraction of sp³-hybridized carbons (Fsp3) is 0.176. The average molecular weight is 617 g/mol. The van der Waals surface area contributed by atoms with Crippen molar-refractivity contribution in [2.45, 2.75) is 38.9 Å². The predicted octanol–water partition coefficient (Wildman–Crippen LogP) is 7.66. The molecular weight excluding hydrogens is 587 g/mol. The number of pyridine rings is 4. The first kappa shape index (κ1) is 28.2. The Morgan fingerprint density at radius 1 is 0.571 bits per heavy atom. The maximum absolute atomic E-state index is 6.19. The van der Waals surface area contributed by atoms with Crippen LogP contribution in [-0.4, -0.2) is 38.3 Å². The Kier molecular flexibility index (Phi) is 7.62. The fourth-order valence-electron chi connectivity index (χ4n) is 4.97. The summed E-state index contributed by atoms with van der Waals surface area (Å²) in [7, 11) is -0.375. The molecule has 1 saturated heterocycles. The lowest BCUT2D eigenvalue weighted by Gasteiger charge is -2.32. The normalized spacial score (nSPS) is 15.4. The maximum atomic E-state index is 6.19. The standard InChI is InChI=1S/C20H21BN2O2.C14H9BrN2/c1-19(2)20(3,4)25-21(24-19)15-5-6-18-17(13-15)16(9-12-23-18)14-7-10-22-11-8-14;15-11-1-2-14-13(9-11)12(5-8-17-14)10-3-6-16-7-4-10/h5-13H,1-4H3;1-9H. The largest absolute Gasteiger partial charge is 0.494 e. The lowest BCUT2D eigenvalue weighted by atomic mass is 9.78. The van der Waals surface area contributed by atoms with Gasteiger partial charge in [0.1, 0.15) is 0 Å². The fourth-order valence-corrected chi connectivity index (χ4v) is 5.34. The molecule has 6 nitrogen and oxygen atoms in total. The molecule has 42 heavy (non-hydrogen) atoms. The molecule has 0 saturated carbocycles. The van der Waals surface area contributed by atoms with Gasteiger partial charge in [0.25, 0.3) is 0 Å². The molecular formula is C34H30BBrN4O2. The van der Waals surface area contributed by atoms with Gasteiger partial charge in [-0.3, -0.25) is 19.9 Å². The van der Waals surface area contributed by atoms with Crippen molar-refractivity contribution < 1.29 is 9.31 Å². The second kappa shape index (κ2) is 11.4. The maximum Gasteiger partial charge on any atom is 0.494 e. The van der Waals surface area contributed by atoms with Crippen molar-refractivity contribution >= 4 is 50.3 Å². The van der Waals surface area contributed by atoms with E-state index >= 15 is 0 Å². The molecule has 0 amide bonds. The minimum absolute atomic E-state index is 0.352. The van der Waals surface area contributed by atoms with E-state index in [-0.39, 0.29) is 18.3 Å². The van der Waals surface area contributed by atoms with Crippen LogP contribution in [0, 0.1) is 0 Å². The van der Waals surface area contributed by atoms with Crippen molar-refractivity contribution in [1.29, 1.82) is 0 Å². The summed E-state index contributed by atoms with van der Waals surface area (Å²) in [6.45, 7) is 8.27. The number of hydrogen-bond donors (Lipinski definition) is 0. The molecule has 7 rings (SSSR count). The highest BCUT2D eigenvalue weighted by Crippen LogP contribution is 2.37. The van der Waals surface area contributed by atoms with E-state index < -0.39 is 0 Å². The van der Waals surface area contributed by atoms with E-state index in [4.69, 9.17) is 9.31 Å². The smallest absolute Gasteiger partial charge is 0.399 e. The van der Waals surface area contributed by atoms with E-state index in [9.17, 15) is 0 Å². The highest BCUT2D eigenvalue weighted by Gasteiger charge is 2.51. The second-order valence-electron chi connectivity index (χ2n) is 11.2. The Bertz CT molecular complexity index is 1850. The van der Waals surface area contributed by atoms with Gasteiger partial charge in [-0.05, 0) is 116 Å². The quantitative estimate of drug-likeness (QED) is 0.190. The Morgan fingerprint density at radius 3 is 1.57 bits per heavy atom. The molecule has 4 aromatic heterocycles. The lowest BCUT2D eigenvalue weighted by Crippen LogP contribution is -2.41. The summed E-state index contributed by atoms with van der Waals surface area (Å²) >= 11 is 3.50. The summed E-state index contributed by atoms with van der Waals surface area (Å²) in [6.07, 6.45) is 10.9. The van der Waals surface area contributed by atoms with Gasteiger partial charge in [0, 0.05) is 52.4 Å². The van der Waals surface area contributed by atoms with Gasteiger partial charge in [-0.1, -0.05) is 28.1 Å². The molecule has 5 heterocycles. The first-order valence-electron chi connectivity index (χ1n) is 13.8. The minimum Gasteiger partial charge on any atom is -0.399 e. The van der Waals surface area contributed by atoms with Crippen molar-refractivity contribution in [1.82, 2.24) is 19.9 Å². The summed E-state index contributed by atoms with van der Waals surface area (Å²) in [5.74, 6) is 0. The highest BCUT2D eigenvalue weighted by atomic mass is 79.9. The molecule has 0 atom stereocenters. The Hall–Kier alpha value is -3.98. The van der Waals surface area contributed by atoms with Crippen LogP contribution in [-0.2, 0) is 9.31 Å². The third-order valence-corrected chi connectivity index (χ3v) is 8.47. The lowest BCUT2D eigenvalue weighted by molar-refractivity contribution is 0.00578. The average Bonchev–Trinajstić information content (AvgIpc) is 3.23. The number of benzene rings is 2. The number of hydrogen-bond acceptors (Lipinski definition) is 6. The highest BCUT2D eigenvalue weighted by molar-refractivity contribution is 9.10. The third kappa shape index (κ3) is 5.58.